The van der Waals surface area contributed by atoms with Gasteiger partial charge in [-0.25, -0.2) is 19.9 Å². The lowest BCUT2D eigenvalue weighted by atomic mass is 10.2. The minimum Gasteiger partial charge on any atom is -0.471 e. The number of rotatable bonds is 5. The molecule has 0 N–H and O–H groups in total. The van der Waals surface area contributed by atoms with E-state index in [1.165, 1.54) is 6.33 Å². The van der Waals surface area contributed by atoms with E-state index >= 15 is 0 Å². The number of aromatic nitrogens is 9. The van der Waals surface area contributed by atoms with E-state index in [0.29, 0.717) is 48.0 Å². The lowest BCUT2D eigenvalue weighted by molar-refractivity contribution is 0.0766. The van der Waals surface area contributed by atoms with Crippen molar-refractivity contribution in [2.75, 3.05) is 13.1 Å². The highest BCUT2D eigenvalue weighted by atomic mass is 16.5. The van der Waals surface area contributed by atoms with Crippen molar-refractivity contribution >= 4 is 22.8 Å². The molecule has 1 aliphatic heterocycles. The molecular formula is C23H24N10O2. The minimum atomic E-state index is -0.206. The Kier molecular flexibility index (Phi) is 4.94. The quantitative estimate of drug-likeness (QED) is 0.380. The third-order valence-corrected chi connectivity index (χ3v) is 6.43. The fourth-order valence-corrected chi connectivity index (χ4v) is 4.55. The van der Waals surface area contributed by atoms with Crippen LogP contribution in [-0.2, 0) is 13.6 Å². The Hall–Kier alpha value is -4.35. The number of ether oxygens (including phenoxy) is 1. The third-order valence-electron chi connectivity index (χ3n) is 6.43. The first-order chi connectivity index (χ1) is 17.0. The predicted molar refractivity (Wildman–Crippen MR) is 126 cm³/mol. The zero-order chi connectivity index (χ0) is 24.1. The van der Waals surface area contributed by atoms with Crippen LogP contribution < -0.4 is 4.74 Å². The first-order valence-corrected chi connectivity index (χ1v) is 11.5. The van der Waals surface area contributed by atoms with E-state index in [-0.39, 0.29) is 12.0 Å². The monoisotopic (exact) mass is 472 g/mol. The SMILES string of the molecule is CCn1ncc(-c2nc3c(OC4CCN(C(=O)c5cn6cccnc6n5)C4)ncnc3n2C)c1C. The number of likely N-dealkylation sites (tertiary alicyclic amines) is 1. The van der Waals surface area contributed by atoms with Crippen LogP contribution in [0.25, 0.3) is 28.3 Å². The Morgan fingerprint density at radius 2 is 2.11 bits per heavy atom. The van der Waals surface area contributed by atoms with Crippen molar-refractivity contribution in [3.05, 3.63) is 48.6 Å². The van der Waals surface area contributed by atoms with Gasteiger partial charge in [-0.05, 0) is 19.9 Å². The van der Waals surface area contributed by atoms with Gasteiger partial charge in [0.05, 0.1) is 18.3 Å². The molecule has 1 saturated heterocycles. The molecule has 1 unspecified atom stereocenters. The number of carbonyl (C=O) groups excluding carboxylic acids is 1. The van der Waals surface area contributed by atoms with E-state index in [1.807, 2.05) is 35.6 Å². The maximum absolute atomic E-state index is 13.0. The van der Waals surface area contributed by atoms with E-state index in [1.54, 1.807) is 27.8 Å². The highest BCUT2D eigenvalue weighted by Crippen LogP contribution is 2.30. The Labute approximate surface area is 200 Å². The minimum absolute atomic E-state index is 0.141. The molecule has 0 radical (unpaired) electrons. The van der Waals surface area contributed by atoms with Crippen LogP contribution in [-0.4, -0.2) is 73.7 Å². The lowest BCUT2D eigenvalue weighted by Crippen LogP contribution is -2.31. The smallest absolute Gasteiger partial charge is 0.274 e. The number of hydrogen-bond donors (Lipinski definition) is 0. The van der Waals surface area contributed by atoms with Gasteiger partial charge in [0, 0.05) is 50.8 Å². The lowest BCUT2D eigenvalue weighted by Gasteiger charge is -2.15. The van der Waals surface area contributed by atoms with Gasteiger partial charge in [-0.2, -0.15) is 10.1 Å². The van der Waals surface area contributed by atoms with Gasteiger partial charge in [0.15, 0.2) is 11.2 Å². The van der Waals surface area contributed by atoms with Crippen LogP contribution in [0.2, 0.25) is 0 Å². The summed E-state index contributed by atoms with van der Waals surface area (Å²) in [6, 6.07) is 1.80. The van der Waals surface area contributed by atoms with Crippen LogP contribution in [0, 0.1) is 6.92 Å². The fourth-order valence-electron chi connectivity index (χ4n) is 4.55. The van der Waals surface area contributed by atoms with Crippen LogP contribution in [0.4, 0.5) is 0 Å². The first-order valence-electron chi connectivity index (χ1n) is 11.5. The average Bonchev–Trinajstić information content (AvgIpc) is 3.65. The van der Waals surface area contributed by atoms with Crippen molar-refractivity contribution in [1.29, 1.82) is 0 Å². The largest absolute Gasteiger partial charge is 0.471 e. The first kappa shape index (κ1) is 21.2. The molecular weight excluding hydrogens is 448 g/mol. The van der Waals surface area contributed by atoms with Gasteiger partial charge in [-0.3, -0.25) is 13.9 Å². The van der Waals surface area contributed by atoms with Crippen molar-refractivity contribution in [1.82, 2.24) is 48.6 Å². The highest BCUT2D eigenvalue weighted by Gasteiger charge is 2.31. The number of hydrogen-bond acceptors (Lipinski definition) is 8. The van der Waals surface area contributed by atoms with Crippen molar-refractivity contribution in [3.63, 3.8) is 0 Å². The number of aryl methyl sites for hydroxylation is 2. The average molecular weight is 473 g/mol. The van der Waals surface area contributed by atoms with E-state index < -0.39 is 0 Å². The highest BCUT2D eigenvalue weighted by molar-refractivity contribution is 5.93. The molecule has 6 heterocycles. The molecule has 1 aliphatic rings. The Bertz CT molecular complexity index is 1530. The molecule has 12 heteroatoms. The maximum Gasteiger partial charge on any atom is 0.274 e. The summed E-state index contributed by atoms with van der Waals surface area (Å²) in [7, 11) is 1.92. The Morgan fingerprint density at radius 3 is 2.91 bits per heavy atom. The molecule has 6 rings (SSSR count). The molecule has 0 bridgehead atoms. The number of nitrogens with zero attached hydrogens (tertiary/aromatic N) is 10. The van der Waals surface area contributed by atoms with Crippen molar-refractivity contribution in [2.45, 2.75) is 32.9 Å². The normalized spacial score (nSPS) is 16.0. The second-order valence-corrected chi connectivity index (χ2v) is 8.54. The van der Waals surface area contributed by atoms with Crippen LogP contribution in [0.15, 0.2) is 37.2 Å². The second-order valence-electron chi connectivity index (χ2n) is 8.54. The molecule has 5 aromatic rings. The fraction of sp³-hybridized carbons (Fsp3) is 0.348. The predicted octanol–water partition coefficient (Wildman–Crippen LogP) is 1.89. The van der Waals surface area contributed by atoms with Crippen molar-refractivity contribution in [3.8, 4) is 17.3 Å². The molecule has 0 spiro atoms. The van der Waals surface area contributed by atoms with Gasteiger partial charge in [0.1, 0.15) is 23.9 Å². The van der Waals surface area contributed by atoms with E-state index in [2.05, 4.69) is 32.0 Å². The summed E-state index contributed by atoms with van der Waals surface area (Å²) >= 11 is 0. The summed E-state index contributed by atoms with van der Waals surface area (Å²) in [5.41, 5.74) is 3.61. The van der Waals surface area contributed by atoms with Gasteiger partial charge in [-0.15, -0.1) is 0 Å². The molecule has 35 heavy (non-hydrogen) atoms. The molecule has 178 valence electrons. The standard InChI is InChI=1S/C23H24N10O2/c1-4-33-14(2)16(10-27-33)19-29-18-20(30(19)3)25-13-26-21(18)35-15-6-9-31(11-15)22(34)17-12-32-8-5-7-24-23(32)28-17/h5,7-8,10,12-13,15H,4,6,9,11H2,1-3H3. The van der Waals surface area contributed by atoms with Crippen molar-refractivity contribution < 1.29 is 9.53 Å². The van der Waals surface area contributed by atoms with Crippen LogP contribution >= 0.6 is 0 Å². The molecule has 0 aliphatic carbocycles. The molecule has 1 atom stereocenters. The zero-order valence-electron chi connectivity index (χ0n) is 19.7. The summed E-state index contributed by atoms with van der Waals surface area (Å²) < 4.78 is 11.8. The van der Waals surface area contributed by atoms with Gasteiger partial charge in [-0.1, -0.05) is 0 Å². The number of imidazole rings is 2. The summed E-state index contributed by atoms with van der Waals surface area (Å²) in [6.07, 6.45) is 8.95. The van der Waals surface area contributed by atoms with Gasteiger partial charge in [0.25, 0.3) is 5.91 Å². The topological polar surface area (TPSA) is 121 Å². The summed E-state index contributed by atoms with van der Waals surface area (Å²) in [5.74, 6) is 1.52. The van der Waals surface area contributed by atoms with Crippen LogP contribution in [0.3, 0.4) is 0 Å². The molecule has 12 nitrogen and oxygen atoms in total. The van der Waals surface area contributed by atoms with E-state index in [0.717, 1.165) is 23.6 Å². The number of amides is 1. The number of carbonyl (C=O) groups is 1. The van der Waals surface area contributed by atoms with E-state index in [9.17, 15) is 4.79 Å². The van der Waals surface area contributed by atoms with Gasteiger partial charge in [0.2, 0.25) is 11.7 Å². The van der Waals surface area contributed by atoms with Crippen molar-refractivity contribution in [2.24, 2.45) is 7.05 Å². The number of fused-ring (bicyclic) bond motifs is 2. The Morgan fingerprint density at radius 1 is 1.23 bits per heavy atom. The summed E-state index contributed by atoms with van der Waals surface area (Å²) in [6.45, 7) is 5.87. The maximum atomic E-state index is 13.0. The van der Waals surface area contributed by atoms with Crippen LogP contribution in [0.5, 0.6) is 5.88 Å². The molecule has 1 amide bonds. The Balaban J connectivity index is 1.24. The molecule has 0 saturated carbocycles. The summed E-state index contributed by atoms with van der Waals surface area (Å²) in [5, 5.41) is 4.44. The summed E-state index contributed by atoms with van der Waals surface area (Å²) in [4.78, 5) is 36.9. The second kappa shape index (κ2) is 8.15. The third kappa shape index (κ3) is 3.49. The molecule has 1 fully saturated rings. The van der Waals surface area contributed by atoms with E-state index in [4.69, 9.17) is 9.72 Å². The van der Waals surface area contributed by atoms with Gasteiger partial charge >= 0.3 is 0 Å². The zero-order valence-corrected chi connectivity index (χ0v) is 19.7. The molecule has 0 aromatic carbocycles. The van der Waals surface area contributed by atoms with Gasteiger partial charge < -0.3 is 14.2 Å². The molecule has 5 aromatic heterocycles. The van der Waals surface area contributed by atoms with Crippen LogP contribution in [0.1, 0.15) is 29.5 Å².